The molecule has 1 saturated carbocycles. The van der Waals surface area contributed by atoms with Crippen molar-refractivity contribution in [2.75, 3.05) is 0 Å². The maximum atomic E-state index is 14.9. The maximum absolute atomic E-state index is 14.9. The molecule has 1 fully saturated rings. The molecular weight excluding hydrogens is 372 g/mol. The Morgan fingerprint density at radius 1 is 1.19 bits per heavy atom. The van der Waals surface area contributed by atoms with Gasteiger partial charge in [-0.05, 0) is 55.6 Å². The van der Waals surface area contributed by atoms with Crippen molar-refractivity contribution < 1.29 is 8.78 Å². The summed E-state index contributed by atoms with van der Waals surface area (Å²) in [6.45, 7) is 1.61. The van der Waals surface area contributed by atoms with Crippen LogP contribution in [-0.2, 0) is 0 Å². The van der Waals surface area contributed by atoms with E-state index >= 15 is 0 Å². The van der Waals surface area contributed by atoms with Crippen LogP contribution in [0.5, 0.6) is 0 Å². The van der Waals surface area contributed by atoms with Crippen LogP contribution in [0.2, 0.25) is 0 Å². The van der Waals surface area contributed by atoms with Gasteiger partial charge in [0.1, 0.15) is 16.0 Å². The van der Waals surface area contributed by atoms with Gasteiger partial charge < -0.3 is 4.57 Å². The van der Waals surface area contributed by atoms with Gasteiger partial charge in [-0.3, -0.25) is 14.0 Å². The topological polar surface area (TPSA) is 67.8 Å². The van der Waals surface area contributed by atoms with Gasteiger partial charge in [0.15, 0.2) is 0 Å². The molecule has 0 aliphatic heterocycles. The zero-order valence-corrected chi connectivity index (χ0v) is 15.0. The highest BCUT2D eigenvalue weighted by Gasteiger charge is 2.29. The Balaban J connectivity index is 1.93. The molecule has 1 aromatic carbocycles. The lowest BCUT2D eigenvalue weighted by Crippen LogP contribution is -2.15. The van der Waals surface area contributed by atoms with Crippen LogP contribution in [-0.4, -0.2) is 13.9 Å². The van der Waals surface area contributed by atoms with Crippen molar-refractivity contribution in [3.8, 4) is 11.1 Å². The molecule has 1 N–H and O–H groups in total. The van der Waals surface area contributed by atoms with Gasteiger partial charge in [-0.2, -0.15) is 4.39 Å². The van der Waals surface area contributed by atoms with Crippen molar-refractivity contribution in [1.82, 2.24) is 13.9 Å². The first-order chi connectivity index (χ1) is 13.0. The largest absolute Gasteiger partial charge is 0.328 e. The SMILES string of the molecule is Cc1nc(F)ccc1-c1cc2c(cc1F)c(=O)c1c(=O)[nH]sc1n2C1CC1. The van der Waals surface area contributed by atoms with E-state index in [2.05, 4.69) is 9.36 Å². The van der Waals surface area contributed by atoms with E-state index in [1.165, 1.54) is 18.2 Å². The number of halogens is 2. The Morgan fingerprint density at radius 3 is 2.67 bits per heavy atom. The minimum absolute atomic E-state index is 0.0752. The molecule has 5 nitrogen and oxygen atoms in total. The van der Waals surface area contributed by atoms with Crippen molar-refractivity contribution in [1.29, 1.82) is 0 Å². The summed E-state index contributed by atoms with van der Waals surface area (Å²) in [5.41, 5.74) is 0.737. The molecular formula is C19H13F2N3O2S. The highest BCUT2D eigenvalue weighted by atomic mass is 32.1. The zero-order chi connectivity index (χ0) is 18.9. The van der Waals surface area contributed by atoms with Crippen LogP contribution < -0.4 is 11.0 Å². The number of fused-ring (bicyclic) bond motifs is 2. The lowest BCUT2D eigenvalue weighted by molar-refractivity contribution is 0.580. The van der Waals surface area contributed by atoms with Gasteiger partial charge in [0.2, 0.25) is 11.4 Å². The summed E-state index contributed by atoms with van der Waals surface area (Å²) < 4.78 is 32.8. The minimum atomic E-state index is -0.633. The van der Waals surface area contributed by atoms with E-state index in [1.54, 1.807) is 13.0 Å². The molecule has 0 atom stereocenters. The fraction of sp³-hybridized carbons (Fsp3) is 0.211. The number of rotatable bonds is 2. The van der Waals surface area contributed by atoms with Gasteiger partial charge in [-0.1, -0.05) is 0 Å². The van der Waals surface area contributed by atoms with Gasteiger partial charge >= 0.3 is 0 Å². The maximum Gasteiger partial charge on any atom is 0.271 e. The van der Waals surface area contributed by atoms with E-state index in [1.807, 2.05) is 4.57 Å². The highest BCUT2D eigenvalue weighted by molar-refractivity contribution is 7.12. The lowest BCUT2D eigenvalue weighted by atomic mass is 10.0. The van der Waals surface area contributed by atoms with E-state index in [4.69, 9.17) is 0 Å². The van der Waals surface area contributed by atoms with Crippen molar-refractivity contribution in [2.24, 2.45) is 0 Å². The van der Waals surface area contributed by atoms with Crippen LogP contribution in [0.3, 0.4) is 0 Å². The van der Waals surface area contributed by atoms with Crippen LogP contribution in [0.4, 0.5) is 8.78 Å². The first kappa shape index (κ1) is 16.3. The summed E-state index contributed by atoms with van der Waals surface area (Å²) in [5.74, 6) is -1.24. The summed E-state index contributed by atoms with van der Waals surface area (Å²) in [7, 11) is 0. The standard InChI is InChI=1S/C19H13F2N3O2S/c1-8-10(4-5-15(21)22-8)11-7-14-12(6-13(11)20)17(25)16-18(26)23-27-19(16)24(14)9-2-3-9/h4-7,9H,2-3H2,1H3,(H,23,26). The Hall–Kier alpha value is -2.87. The number of hydrogen-bond acceptors (Lipinski definition) is 4. The molecule has 0 unspecified atom stereocenters. The number of nitrogens with zero attached hydrogens (tertiary/aromatic N) is 2. The molecule has 8 heteroatoms. The van der Waals surface area contributed by atoms with Gasteiger partial charge in [0.25, 0.3) is 5.56 Å². The molecule has 0 amide bonds. The van der Waals surface area contributed by atoms with Gasteiger partial charge in [-0.25, -0.2) is 9.37 Å². The number of nitrogens with one attached hydrogen (secondary N) is 1. The lowest BCUT2D eigenvalue weighted by Gasteiger charge is -2.14. The molecule has 3 heterocycles. The monoisotopic (exact) mass is 385 g/mol. The van der Waals surface area contributed by atoms with Crippen LogP contribution in [0.25, 0.3) is 32.2 Å². The summed E-state index contributed by atoms with van der Waals surface area (Å²) in [5, 5.41) is 0.249. The Morgan fingerprint density at radius 2 is 1.96 bits per heavy atom. The third-order valence-electron chi connectivity index (χ3n) is 4.97. The fourth-order valence-electron chi connectivity index (χ4n) is 3.57. The van der Waals surface area contributed by atoms with Crippen molar-refractivity contribution >= 4 is 32.7 Å². The van der Waals surface area contributed by atoms with E-state index in [-0.39, 0.29) is 22.4 Å². The molecule has 3 aromatic heterocycles. The number of aromatic nitrogens is 3. The quantitative estimate of drug-likeness (QED) is 0.533. The Bertz CT molecular complexity index is 1370. The first-order valence-corrected chi connectivity index (χ1v) is 9.30. The number of hydrogen-bond donors (Lipinski definition) is 1. The molecule has 136 valence electrons. The molecule has 0 bridgehead atoms. The van der Waals surface area contributed by atoms with Gasteiger partial charge in [0, 0.05) is 28.2 Å². The fourth-order valence-corrected chi connectivity index (χ4v) is 4.49. The van der Waals surface area contributed by atoms with Crippen LogP contribution in [0.1, 0.15) is 24.6 Å². The number of pyridine rings is 2. The average Bonchev–Trinajstić information content (AvgIpc) is 3.38. The molecule has 4 aromatic rings. The van der Waals surface area contributed by atoms with Crippen LogP contribution in [0.15, 0.2) is 33.9 Å². The van der Waals surface area contributed by atoms with Crippen LogP contribution >= 0.6 is 11.5 Å². The molecule has 5 rings (SSSR count). The number of benzene rings is 1. The number of H-pyrrole nitrogens is 1. The summed E-state index contributed by atoms with van der Waals surface area (Å²) >= 11 is 1.12. The molecule has 0 radical (unpaired) electrons. The van der Waals surface area contributed by atoms with E-state index in [0.29, 0.717) is 21.6 Å². The minimum Gasteiger partial charge on any atom is -0.328 e. The molecule has 1 aliphatic rings. The number of aromatic amines is 1. The molecule has 1 aliphatic carbocycles. The second kappa shape index (κ2) is 5.56. The third kappa shape index (κ3) is 2.36. The first-order valence-electron chi connectivity index (χ1n) is 8.48. The molecule has 27 heavy (non-hydrogen) atoms. The highest BCUT2D eigenvalue weighted by Crippen LogP contribution is 2.41. The van der Waals surface area contributed by atoms with Crippen LogP contribution in [0, 0.1) is 18.7 Å². The second-order valence-electron chi connectivity index (χ2n) is 6.76. The summed E-state index contributed by atoms with van der Waals surface area (Å²) in [4.78, 5) is 29.3. The zero-order valence-electron chi connectivity index (χ0n) is 14.2. The third-order valence-corrected chi connectivity index (χ3v) is 5.85. The van der Waals surface area contributed by atoms with E-state index in [0.717, 1.165) is 24.4 Å². The Labute approximate surface area is 155 Å². The molecule has 0 spiro atoms. The van der Waals surface area contributed by atoms with E-state index in [9.17, 15) is 18.4 Å². The molecule has 0 saturated heterocycles. The Kier molecular flexibility index (Phi) is 3.36. The predicted molar refractivity (Wildman–Crippen MR) is 100 cm³/mol. The average molecular weight is 385 g/mol. The normalized spacial score (nSPS) is 14.3. The second-order valence-corrected chi connectivity index (χ2v) is 7.55. The van der Waals surface area contributed by atoms with Gasteiger partial charge in [0.05, 0.1) is 5.52 Å². The summed E-state index contributed by atoms with van der Waals surface area (Å²) in [6, 6.07) is 5.62. The van der Waals surface area contributed by atoms with E-state index < -0.39 is 22.8 Å². The predicted octanol–water partition coefficient (Wildman–Crippen LogP) is 3.89. The smallest absolute Gasteiger partial charge is 0.271 e. The van der Waals surface area contributed by atoms with Crippen molar-refractivity contribution in [3.63, 3.8) is 0 Å². The van der Waals surface area contributed by atoms with Crippen molar-refractivity contribution in [2.45, 2.75) is 25.8 Å². The van der Waals surface area contributed by atoms with Crippen molar-refractivity contribution in [3.05, 3.63) is 62.3 Å². The van der Waals surface area contributed by atoms with Gasteiger partial charge in [-0.15, -0.1) is 0 Å². The number of aryl methyl sites for hydroxylation is 1. The summed E-state index contributed by atoms with van der Waals surface area (Å²) in [6.07, 6.45) is 1.87.